The van der Waals surface area contributed by atoms with Crippen LogP contribution in [0.5, 0.6) is 0 Å². The molecule has 0 bridgehead atoms. The Bertz CT molecular complexity index is 571. The van der Waals surface area contributed by atoms with Gasteiger partial charge in [0.2, 0.25) is 0 Å². The van der Waals surface area contributed by atoms with E-state index in [-0.39, 0.29) is 5.91 Å². The van der Waals surface area contributed by atoms with Crippen molar-refractivity contribution in [2.45, 2.75) is 13.2 Å². The zero-order valence-electron chi connectivity index (χ0n) is 11.8. The summed E-state index contributed by atoms with van der Waals surface area (Å²) in [5, 5.41) is 4.52. The van der Waals surface area contributed by atoms with Crippen molar-refractivity contribution in [1.29, 1.82) is 0 Å². The lowest BCUT2D eigenvalue weighted by Gasteiger charge is -2.20. The Labute approximate surface area is 132 Å². The predicted molar refractivity (Wildman–Crippen MR) is 82.2 cm³/mol. The summed E-state index contributed by atoms with van der Waals surface area (Å²) in [4.78, 5) is 14.2. The predicted octanol–water partition coefficient (Wildman–Crippen LogP) is 2.86. The summed E-state index contributed by atoms with van der Waals surface area (Å²) < 4.78 is 10.0. The third-order valence-electron chi connectivity index (χ3n) is 2.92. The number of carbonyl (C=O) groups is 1. The van der Waals surface area contributed by atoms with Gasteiger partial charge in [-0.3, -0.25) is 4.79 Å². The maximum Gasteiger partial charge on any atom is 0.276 e. The van der Waals surface area contributed by atoms with Gasteiger partial charge in [-0.05, 0) is 5.56 Å². The first-order valence-electron chi connectivity index (χ1n) is 6.58. The number of methoxy groups -OCH3 is 1. The van der Waals surface area contributed by atoms with Gasteiger partial charge >= 0.3 is 0 Å². The van der Waals surface area contributed by atoms with Crippen LogP contribution >= 0.6 is 15.9 Å². The molecule has 0 aliphatic rings. The minimum Gasteiger partial charge on any atom is -0.377 e. The summed E-state index contributed by atoms with van der Waals surface area (Å²) >= 11 is 3.38. The van der Waals surface area contributed by atoms with Gasteiger partial charge in [0.1, 0.15) is 6.61 Å². The zero-order chi connectivity index (χ0) is 15.1. The maximum atomic E-state index is 12.5. The SMILES string of the molecule is COCc1cc(C(=O)N(CCBr)Cc2ccccc2)no1. The Morgan fingerprint density at radius 1 is 1.38 bits per heavy atom. The van der Waals surface area contributed by atoms with Crippen molar-refractivity contribution in [1.82, 2.24) is 10.1 Å². The van der Waals surface area contributed by atoms with E-state index in [1.165, 1.54) is 0 Å². The molecule has 1 aromatic heterocycles. The highest BCUT2D eigenvalue weighted by molar-refractivity contribution is 9.09. The van der Waals surface area contributed by atoms with Crippen molar-refractivity contribution < 1.29 is 14.1 Å². The van der Waals surface area contributed by atoms with E-state index in [1.807, 2.05) is 30.3 Å². The average Bonchev–Trinajstić information content (AvgIpc) is 2.96. The maximum absolute atomic E-state index is 12.5. The van der Waals surface area contributed by atoms with Crippen molar-refractivity contribution in [3.8, 4) is 0 Å². The number of alkyl halides is 1. The second-order valence-electron chi connectivity index (χ2n) is 4.51. The van der Waals surface area contributed by atoms with Crippen LogP contribution in [0.25, 0.3) is 0 Å². The van der Waals surface area contributed by atoms with Crippen LogP contribution in [-0.2, 0) is 17.9 Å². The normalized spacial score (nSPS) is 10.6. The molecule has 0 fully saturated rings. The molecule has 2 rings (SSSR count). The number of hydrogen-bond donors (Lipinski definition) is 0. The molecule has 1 amide bonds. The van der Waals surface area contributed by atoms with Gasteiger partial charge in [0.15, 0.2) is 11.5 Å². The van der Waals surface area contributed by atoms with E-state index in [4.69, 9.17) is 9.26 Å². The highest BCUT2D eigenvalue weighted by Gasteiger charge is 2.19. The standard InChI is InChI=1S/C15H17BrN2O3/c1-20-11-13-9-14(17-21-13)15(19)18(8-7-16)10-12-5-3-2-4-6-12/h2-6,9H,7-8,10-11H2,1H3. The number of aromatic nitrogens is 1. The topological polar surface area (TPSA) is 55.6 Å². The smallest absolute Gasteiger partial charge is 0.276 e. The number of benzene rings is 1. The molecule has 0 saturated carbocycles. The number of halogens is 1. The summed E-state index contributed by atoms with van der Waals surface area (Å²) in [5.74, 6) is 0.392. The third-order valence-corrected chi connectivity index (χ3v) is 3.28. The summed E-state index contributed by atoms with van der Waals surface area (Å²) in [7, 11) is 1.57. The fourth-order valence-corrected chi connectivity index (χ4v) is 2.37. The molecule has 0 radical (unpaired) electrons. The van der Waals surface area contributed by atoms with Gasteiger partial charge in [-0.25, -0.2) is 0 Å². The van der Waals surface area contributed by atoms with Gasteiger partial charge in [0.05, 0.1) is 0 Å². The molecule has 21 heavy (non-hydrogen) atoms. The van der Waals surface area contributed by atoms with Crippen LogP contribution in [0.4, 0.5) is 0 Å². The van der Waals surface area contributed by atoms with E-state index < -0.39 is 0 Å². The molecule has 0 aliphatic carbocycles. The lowest BCUT2D eigenvalue weighted by Crippen LogP contribution is -2.32. The van der Waals surface area contributed by atoms with E-state index in [9.17, 15) is 4.79 Å². The van der Waals surface area contributed by atoms with Gasteiger partial charge in [0.25, 0.3) is 5.91 Å². The summed E-state index contributed by atoms with van der Waals surface area (Å²) in [6, 6.07) is 11.5. The largest absolute Gasteiger partial charge is 0.377 e. The van der Waals surface area contributed by atoms with Gasteiger partial charge in [0, 0.05) is 31.6 Å². The first-order chi connectivity index (χ1) is 10.2. The molecule has 6 heteroatoms. The second-order valence-corrected chi connectivity index (χ2v) is 5.31. The molecule has 0 aliphatic heterocycles. The summed E-state index contributed by atoms with van der Waals surface area (Å²) in [6.07, 6.45) is 0. The number of nitrogens with zero attached hydrogens (tertiary/aromatic N) is 2. The van der Waals surface area contributed by atoms with Crippen molar-refractivity contribution in [2.24, 2.45) is 0 Å². The quantitative estimate of drug-likeness (QED) is 0.719. The van der Waals surface area contributed by atoms with E-state index in [0.717, 1.165) is 5.56 Å². The van der Waals surface area contributed by atoms with Crippen LogP contribution in [-0.4, -0.2) is 34.9 Å². The minimum atomic E-state index is -0.149. The Morgan fingerprint density at radius 2 is 2.14 bits per heavy atom. The molecular formula is C15H17BrN2O3. The highest BCUT2D eigenvalue weighted by atomic mass is 79.9. The Hall–Kier alpha value is -1.66. The number of carbonyl (C=O) groups excluding carboxylic acids is 1. The average molecular weight is 353 g/mol. The molecule has 0 N–H and O–H groups in total. The van der Waals surface area contributed by atoms with E-state index >= 15 is 0 Å². The van der Waals surface area contributed by atoms with Gasteiger partial charge in [-0.1, -0.05) is 51.4 Å². The van der Waals surface area contributed by atoms with Gasteiger partial charge in [-0.15, -0.1) is 0 Å². The van der Waals surface area contributed by atoms with E-state index in [2.05, 4.69) is 21.1 Å². The zero-order valence-corrected chi connectivity index (χ0v) is 13.4. The molecule has 0 atom stereocenters. The van der Waals surface area contributed by atoms with Crippen LogP contribution in [0.3, 0.4) is 0 Å². The first-order valence-corrected chi connectivity index (χ1v) is 7.70. The Morgan fingerprint density at radius 3 is 2.81 bits per heavy atom. The Balaban J connectivity index is 2.10. The molecule has 1 heterocycles. The fraction of sp³-hybridized carbons (Fsp3) is 0.333. The third kappa shape index (κ3) is 4.41. The van der Waals surface area contributed by atoms with Gasteiger partial charge < -0.3 is 14.2 Å². The number of amides is 1. The van der Waals surface area contributed by atoms with Crippen molar-refractivity contribution in [3.05, 3.63) is 53.4 Å². The fourth-order valence-electron chi connectivity index (χ4n) is 1.94. The molecule has 0 spiro atoms. The molecule has 112 valence electrons. The van der Waals surface area contributed by atoms with Crippen LogP contribution in [0.1, 0.15) is 21.8 Å². The van der Waals surface area contributed by atoms with E-state index in [1.54, 1.807) is 18.1 Å². The van der Waals surface area contributed by atoms with Gasteiger partial charge in [-0.2, -0.15) is 0 Å². The first kappa shape index (κ1) is 15.7. The number of ether oxygens (including phenoxy) is 1. The number of hydrogen-bond acceptors (Lipinski definition) is 4. The Kier molecular flexibility index (Phi) is 5.95. The van der Waals surface area contributed by atoms with Crippen molar-refractivity contribution in [3.63, 3.8) is 0 Å². The molecular weight excluding hydrogens is 336 g/mol. The van der Waals surface area contributed by atoms with E-state index in [0.29, 0.717) is 36.5 Å². The second kappa shape index (κ2) is 7.95. The molecule has 0 saturated heterocycles. The molecule has 2 aromatic rings. The summed E-state index contributed by atoms with van der Waals surface area (Å²) in [5.41, 5.74) is 1.38. The monoisotopic (exact) mass is 352 g/mol. The lowest BCUT2D eigenvalue weighted by molar-refractivity contribution is 0.0743. The molecule has 1 aromatic carbocycles. The lowest BCUT2D eigenvalue weighted by atomic mass is 10.2. The molecule has 0 unspecified atom stereocenters. The highest BCUT2D eigenvalue weighted by Crippen LogP contribution is 2.12. The van der Waals surface area contributed by atoms with Crippen molar-refractivity contribution in [2.75, 3.05) is 19.0 Å². The number of rotatable bonds is 7. The minimum absolute atomic E-state index is 0.149. The van der Waals surface area contributed by atoms with Crippen LogP contribution < -0.4 is 0 Å². The van der Waals surface area contributed by atoms with Crippen LogP contribution in [0, 0.1) is 0 Å². The van der Waals surface area contributed by atoms with Crippen LogP contribution in [0.15, 0.2) is 40.9 Å². The summed E-state index contributed by atoms with van der Waals surface area (Å²) in [6.45, 7) is 1.44. The van der Waals surface area contributed by atoms with Crippen molar-refractivity contribution >= 4 is 21.8 Å². The van der Waals surface area contributed by atoms with Crippen LogP contribution in [0.2, 0.25) is 0 Å². The molecule has 5 nitrogen and oxygen atoms in total.